The predicted molar refractivity (Wildman–Crippen MR) is 151 cm³/mol. The summed E-state index contributed by atoms with van der Waals surface area (Å²) in [6.45, 7) is 7.72. The zero-order chi connectivity index (χ0) is 21.0. The van der Waals surface area contributed by atoms with Crippen LogP contribution in [0.2, 0.25) is 0 Å². The molecule has 0 saturated heterocycles. The molecular formula is C14H27N4P9. The predicted octanol–water partition coefficient (Wildman–Crippen LogP) is 7.52. The number of hydrazone groups is 1. The minimum Gasteiger partial charge on any atom is -0.342 e. The summed E-state index contributed by atoms with van der Waals surface area (Å²) in [5.74, 6) is 1.33. The SMILES string of the molecule is C=C1C[C@@H](C)C(c2ccc3nc(C)[nH]c3c2)=NN1.[3H]P(P(P)P)P(P)P(P)P. The van der Waals surface area contributed by atoms with Crippen LogP contribution in [0.25, 0.3) is 11.0 Å². The number of aromatic amines is 1. The second kappa shape index (κ2) is 12.0. The van der Waals surface area contributed by atoms with Crippen LogP contribution in [-0.4, -0.2) is 17.0 Å². The summed E-state index contributed by atoms with van der Waals surface area (Å²) >= 11 is 0. The molecule has 2 aromatic rings. The maximum Gasteiger partial charge on any atom is 0.104 e. The Kier molecular flexibility index (Phi) is 10.4. The molecule has 1 aromatic carbocycles. The molecule has 0 bridgehead atoms. The highest BCUT2D eigenvalue weighted by Crippen LogP contribution is 2.98. The molecule has 7 unspecified atom stereocenters. The number of allylic oxidation sites excluding steroid dienone is 1. The van der Waals surface area contributed by atoms with Crippen LogP contribution in [0.1, 0.15) is 24.7 Å². The van der Waals surface area contributed by atoms with Gasteiger partial charge < -0.3 is 4.98 Å². The number of imidazole rings is 1. The smallest absolute Gasteiger partial charge is 0.104 e. The Labute approximate surface area is 179 Å². The van der Waals surface area contributed by atoms with Gasteiger partial charge in [0.25, 0.3) is 0 Å². The van der Waals surface area contributed by atoms with E-state index < -0.39 is 7.90 Å². The average molecular weight is 532 g/mol. The second-order valence-corrected chi connectivity index (χ2v) is 36.5. The van der Waals surface area contributed by atoms with Gasteiger partial charge in [-0.25, -0.2) is 4.98 Å². The first-order chi connectivity index (χ1) is 13.1. The lowest BCUT2D eigenvalue weighted by Crippen LogP contribution is -2.25. The first-order valence-corrected chi connectivity index (χ1v) is 23.1. The summed E-state index contributed by atoms with van der Waals surface area (Å²) in [6, 6.07) is 6.22. The molecule has 148 valence electrons. The van der Waals surface area contributed by atoms with Gasteiger partial charge in [0.2, 0.25) is 0 Å². The largest absolute Gasteiger partial charge is 0.342 e. The van der Waals surface area contributed by atoms with E-state index in [1.54, 1.807) is 0 Å². The number of hydrogen-bond donors (Lipinski definition) is 2. The molecule has 1 aliphatic heterocycles. The van der Waals surface area contributed by atoms with Crippen molar-refractivity contribution in [3.05, 3.63) is 41.9 Å². The standard InChI is InChI=1S/C14H16N4.H11P9/c1-8-6-9(2)17-18-14(8)11-4-5-12-13(7-11)16-10(3)15-12;1-7(2)6-9(5)8(3)4/h4-5,7-8,17H,2,6H2,1,3H3,(H,15,16);6H,1-5H2/t8-;/m1./s1/i;6T. The molecule has 0 fully saturated rings. The van der Waals surface area contributed by atoms with Crippen molar-refractivity contribution in [3.63, 3.8) is 0 Å². The number of rotatable bonds is 4. The highest BCUT2D eigenvalue weighted by molar-refractivity contribution is 9.04. The van der Waals surface area contributed by atoms with Crippen LogP contribution >= 0.6 is 73.5 Å². The van der Waals surface area contributed by atoms with Gasteiger partial charge in [-0.1, -0.05) is 27.5 Å². The Balaban J connectivity index is 0.000000242. The van der Waals surface area contributed by atoms with E-state index in [9.17, 15) is 0 Å². The molecule has 1 aliphatic rings. The Hall–Kier alpha value is 1.77. The fourth-order valence-corrected chi connectivity index (χ4v) is 39.3. The maximum absolute atomic E-state index is 7.81. The van der Waals surface area contributed by atoms with Crippen LogP contribution in [0.3, 0.4) is 0 Å². The highest BCUT2D eigenvalue weighted by atomic mass is 33.1. The molecule has 0 aliphatic carbocycles. The van der Waals surface area contributed by atoms with Gasteiger partial charge in [-0.2, -0.15) is 5.10 Å². The summed E-state index contributed by atoms with van der Waals surface area (Å²) in [4.78, 5) is 7.66. The molecule has 1 aromatic heterocycles. The minimum atomic E-state index is -0.485. The Morgan fingerprint density at radius 2 is 2.00 bits per heavy atom. The number of hydrogen-bond acceptors (Lipinski definition) is 3. The first kappa shape index (κ1) is 23.4. The summed E-state index contributed by atoms with van der Waals surface area (Å²) in [5, 5.41) is 4.41. The number of benzene rings is 1. The lowest BCUT2D eigenvalue weighted by atomic mass is 9.93. The zero-order valence-corrected chi connectivity index (χ0v) is 24.6. The van der Waals surface area contributed by atoms with Gasteiger partial charge in [0.1, 0.15) is 5.82 Å². The first-order valence-electron chi connectivity index (χ1n) is 8.45. The third-order valence-electron chi connectivity index (χ3n) is 3.68. The highest BCUT2D eigenvalue weighted by Gasteiger charge is 2.19. The van der Waals surface area contributed by atoms with E-state index in [-0.39, 0.29) is 21.0 Å². The Morgan fingerprint density at radius 1 is 1.30 bits per heavy atom. The molecule has 27 heavy (non-hydrogen) atoms. The van der Waals surface area contributed by atoms with Gasteiger partial charge in [0, 0.05) is 17.2 Å². The van der Waals surface area contributed by atoms with Gasteiger partial charge in [-0.15, -0.1) is 44.6 Å². The molecule has 0 radical (unpaired) electrons. The van der Waals surface area contributed by atoms with Crippen LogP contribution in [0.4, 0.5) is 0 Å². The maximum atomic E-state index is 7.81. The number of H-pyrrole nitrogens is 1. The summed E-state index contributed by atoms with van der Waals surface area (Å²) < 4.78 is 7.81. The van der Waals surface area contributed by atoms with E-state index in [0.717, 1.165) is 40.3 Å². The molecule has 0 amide bonds. The minimum absolute atomic E-state index is 0.0416. The van der Waals surface area contributed by atoms with E-state index in [1.165, 1.54) is 0 Å². The quantitative estimate of drug-likeness (QED) is 0.401. The third kappa shape index (κ3) is 8.08. The van der Waals surface area contributed by atoms with Crippen molar-refractivity contribution >= 4 is 90.3 Å². The molecule has 8 atom stereocenters. The summed E-state index contributed by atoms with van der Waals surface area (Å²) in [7, 11) is 13.5. The van der Waals surface area contributed by atoms with E-state index >= 15 is 0 Å². The van der Waals surface area contributed by atoms with Crippen molar-refractivity contribution in [1.82, 2.24) is 15.4 Å². The molecular weight excluding hydrogens is 503 g/mol. The number of nitrogens with zero attached hydrogens (tertiary/aromatic N) is 2. The van der Waals surface area contributed by atoms with Crippen LogP contribution in [-0.2, 0) is 0 Å². The molecule has 3 rings (SSSR count). The fraction of sp³-hybridized carbons (Fsp3) is 0.286. The van der Waals surface area contributed by atoms with Gasteiger partial charge >= 0.3 is 0 Å². The Bertz CT molecular complexity index is 844. The van der Waals surface area contributed by atoms with E-state index in [4.69, 9.17) is 1.28 Å². The van der Waals surface area contributed by atoms with Crippen LogP contribution in [0.15, 0.2) is 35.6 Å². The lowest BCUT2D eigenvalue weighted by Gasteiger charge is -2.21. The summed E-state index contributed by atoms with van der Waals surface area (Å²) in [6.07, 6.45) is 0.929. The van der Waals surface area contributed by atoms with Gasteiger partial charge in [0.15, 0.2) is 0 Å². The molecule has 0 spiro atoms. The Morgan fingerprint density at radius 3 is 2.56 bits per heavy atom. The van der Waals surface area contributed by atoms with Gasteiger partial charge in [0.05, 0.1) is 18.0 Å². The number of fused-ring (bicyclic) bond motifs is 1. The van der Waals surface area contributed by atoms with Crippen LogP contribution in [0.5, 0.6) is 0 Å². The van der Waals surface area contributed by atoms with Crippen molar-refractivity contribution < 1.29 is 0 Å². The zero-order valence-electron chi connectivity index (χ0n) is 16.3. The summed E-state index contributed by atoms with van der Waals surface area (Å²) in [5.41, 5.74) is 8.23. The molecule has 4 nitrogen and oxygen atoms in total. The van der Waals surface area contributed by atoms with Crippen LogP contribution < -0.4 is 5.43 Å². The number of nitrogens with one attached hydrogen (secondary N) is 2. The number of aromatic nitrogens is 2. The van der Waals surface area contributed by atoms with E-state index in [0.29, 0.717) is 5.92 Å². The van der Waals surface area contributed by atoms with Crippen molar-refractivity contribution in [2.75, 3.05) is 0 Å². The fourth-order valence-electron chi connectivity index (χ4n) is 2.56. The lowest BCUT2D eigenvalue weighted by molar-refractivity contribution is 0.653. The van der Waals surface area contributed by atoms with Gasteiger partial charge in [-0.3, -0.25) is 5.43 Å². The van der Waals surface area contributed by atoms with Crippen molar-refractivity contribution in [2.24, 2.45) is 11.0 Å². The van der Waals surface area contributed by atoms with Crippen molar-refractivity contribution in [1.29, 1.82) is 1.28 Å². The van der Waals surface area contributed by atoms with Crippen LogP contribution in [0, 0.1) is 12.8 Å². The topological polar surface area (TPSA) is 53.1 Å². The van der Waals surface area contributed by atoms with Gasteiger partial charge in [-0.05, 0) is 46.4 Å². The normalized spacial score (nSPS) is 19.9. The van der Waals surface area contributed by atoms with Crippen molar-refractivity contribution in [2.45, 2.75) is 20.3 Å². The molecule has 2 heterocycles. The monoisotopic (exact) mass is 532 g/mol. The number of aryl methyl sites for hydroxylation is 1. The average Bonchev–Trinajstić information content (AvgIpc) is 3.00. The molecule has 13 heteroatoms. The second-order valence-electron chi connectivity index (χ2n) is 6.04. The van der Waals surface area contributed by atoms with E-state index in [2.05, 4.69) is 90.8 Å². The molecule has 2 N–H and O–H groups in total. The van der Waals surface area contributed by atoms with E-state index in [1.807, 2.05) is 13.0 Å². The van der Waals surface area contributed by atoms with Crippen molar-refractivity contribution in [3.8, 4) is 0 Å². The third-order valence-corrected chi connectivity index (χ3v) is 38.2. The molecule has 0 saturated carbocycles.